The molecular weight excluding hydrogens is 187 g/mol. The van der Waals surface area contributed by atoms with E-state index in [1.807, 2.05) is 4.98 Å². The van der Waals surface area contributed by atoms with Crippen LogP contribution in [-0.2, 0) is 0 Å². The van der Waals surface area contributed by atoms with E-state index in [0.717, 1.165) is 6.20 Å². The van der Waals surface area contributed by atoms with Gasteiger partial charge >= 0.3 is 0 Å². The van der Waals surface area contributed by atoms with Gasteiger partial charge in [-0.3, -0.25) is 9.59 Å². The van der Waals surface area contributed by atoms with Crippen LogP contribution in [0.5, 0.6) is 0 Å². The summed E-state index contributed by atoms with van der Waals surface area (Å²) >= 11 is 0. The van der Waals surface area contributed by atoms with Crippen molar-refractivity contribution in [1.29, 1.82) is 0 Å². The van der Waals surface area contributed by atoms with E-state index < -0.39 is 28.9 Å². The summed E-state index contributed by atoms with van der Waals surface area (Å²) in [6.07, 6.45) is -2.26. The van der Waals surface area contributed by atoms with Crippen molar-refractivity contribution in [2.24, 2.45) is 0 Å². The SMILES string of the molecule is O=Cc1c[nH]c(C(F)F)c(F)c1=O. The lowest BCUT2D eigenvalue weighted by Gasteiger charge is -2.00. The van der Waals surface area contributed by atoms with Crippen molar-refractivity contribution in [3.63, 3.8) is 0 Å². The average molecular weight is 191 g/mol. The molecular formula is C7H4F3NO2. The molecule has 0 unspecified atom stereocenters. The van der Waals surface area contributed by atoms with E-state index in [9.17, 15) is 22.8 Å². The van der Waals surface area contributed by atoms with E-state index in [1.165, 1.54) is 0 Å². The first-order chi connectivity index (χ1) is 6.07. The summed E-state index contributed by atoms with van der Waals surface area (Å²) < 4.78 is 36.6. The third kappa shape index (κ3) is 1.61. The number of aldehydes is 1. The van der Waals surface area contributed by atoms with Crippen molar-refractivity contribution < 1.29 is 18.0 Å². The lowest BCUT2D eigenvalue weighted by Crippen LogP contribution is -2.16. The van der Waals surface area contributed by atoms with Gasteiger partial charge in [-0.25, -0.2) is 13.2 Å². The lowest BCUT2D eigenvalue weighted by molar-refractivity contribution is 0.111. The fraction of sp³-hybridized carbons (Fsp3) is 0.143. The van der Waals surface area contributed by atoms with Crippen LogP contribution in [0.15, 0.2) is 11.0 Å². The van der Waals surface area contributed by atoms with Crippen molar-refractivity contribution in [3.05, 3.63) is 33.5 Å². The Morgan fingerprint density at radius 2 is 2.08 bits per heavy atom. The number of aromatic nitrogens is 1. The molecule has 6 heteroatoms. The topological polar surface area (TPSA) is 49.9 Å². The Balaban J connectivity index is 3.40. The molecule has 0 amide bonds. The predicted octanol–water partition coefficient (Wildman–Crippen LogP) is 1.26. The summed E-state index contributed by atoms with van der Waals surface area (Å²) in [4.78, 5) is 22.7. The molecule has 0 aliphatic rings. The van der Waals surface area contributed by atoms with Crippen LogP contribution in [0.25, 0.3) is 0 Å². The number of halogens is 3. The van der Waals surface area contributed by atoms with Gasteiger partial charge in [0.1, 0.15) is 5.69 Å². The molecule has 0 saturated heterocycles. The van der Waals surface area contributed by atoms with Gasteiger partial charge < -0.3 is 4.98 Å². The van der Waals surface area contributed by atoms with E-state index >= 15 is 0 Å². The Bertz CT molecular complexity index is 386. The Morgan fingerprint density at radius 3 is 2.54 bits per heavy atom. The summed E-state index contributed by atoms with van der Waals surface area (Å²) in [7, 11) is 0. The highest BCUT2D eigenvalue weighted by Gasteiger charge is 2.18. The molecule has 0 bridgehead atoms. The molecule has 0 aliphatic heterocycles. The fourth-order valence-electron chi connectivity index (χ4n) is 0.780. The molecule has 0 fully saturated rings. The van der Waals surface area contributed by atoms with Crippen molar-refractivity contribution in [2.45, 2.75) is 6.43 Å². The van der Waals surface area contributed by atoms with Crippen LogP contribution in [0.4, 0.5) is 13.2 Å². The van der Waals surface area contributed by atoms with Crippen LogP contribution in [0.3, 0.4) is 0 Å². The Kier molecular flexibility index (Phi) is 2.50. The summed E-state index contributed by atoms with van der Waals surface area (Å²) in [6, 6.07) is 0. The third-order valence-corrected chi connectivity index (χ3v) is 1.43. The first-order valence-corrected chi connectivity index (χ1v) is 3.22. The number of carbonyl (C=O) groups is 1. The number of carbonyl (C=O) groups excluding carboxylic acids is 1. The Morgan fingerprint density at radius 1 is 1.46 bits per heavy atom. The van der Waals surface area contributed by atoms with Gasteiger partial charge in [-0.2, -0.15) is 0 Å². The molecule has 0 radical (unpaired) electrons. The van der Waals surface area contributed by atoms with E-state index in [4.69, 9.17) is 0 Å². The van der Waals surface area contributed by atoms with E-state index in [-0.39, 0.29) is 6.29 Å². The maximum absolute atomic E-state index is 12.7. The second-order valence-corrected chi connectivity index (χ2v) is 2.22. The van der Waals surface area contributed by atoms with Gasteiger partial charge in [0, 0.05) is 6.20 Å². The van der Waals surface area contributed by atoms with Crippen LogP contribution < -0.4 is 5.43 Å². The van der Waals surface area contributed by atoms with Gasteiger partial charge in [0.15, 0.2) is 12.1 Å². The highest BCUT2D eigenvalue weighted by Crippen LogP contribution is 2.16. The molecule has 0 atom stereocenters. The smallest absolute Gasteiger partial charge is 0.281 e. The van der Waals surface area contributed by atoms with E-state index in [2.05, 4.69) is 0 Å². The lowest BCUT2D eigenvalue weighted by atomic mass is 10.2. The highest BCUT2D eigenvalue weighted by molar-refractivity contribution is 5.73. The summed E-state index contributed by atoms with van der Waals surface area (Å²) in [5.41, 5.74) is -2.93. The number of pyridine rings is 1. The summed E-state index contributed by atoms with van der Waals surface area (Å²) in [6.45, 7) is 0. The van der Waals surface area contributed by atoms with Gasteiger partial charge in [-0.1, -0.05) is 0 Å². The van der Waals surface area contributed by atoms with Gasteiger partial charge in [0.05, 0.1) is 5.56 Å². The number of aromatic amines is 1. The van der Waals surface area contributed by atoms with Crippen LogP contribution in [0.1, 0.15) is 22.5 Å². The van der Waals surface area contributed by atoms with Gasteiger partial charge in [-0.15, -0.1) is 0 Å². The Labute approximate surface area is 70.2 Å². The highest BCUT2D eigenvalue weighted by atomic mass is 19.3. The van der Waals surface area contributed by atoms with E-state index in [1.54, 1.807) is 0 Å². The van der Waals surface area contributed by atoms with Crippen LogP contribution in [0, 0.1) is 5.82 Å². The number of hydrogen-bond acceptors (Lipinski definition) is 2. The molecule has 1 aromatic heterocycles. The Hall–Kier alpha value is -1.59. The van der Waals surface area contributed by atoms with Crippen LogP contribution in [0.2, 0.25) is 0 Å². The minimum atomic E-state index is -3.10. The second-order valence-electron chi connectivity index (χ2n) is 2.22. The molecule has 0 aromatic carbocycles. The molecule has 0 spiro atoms. The van der Waals surface area contributed by atoms with E-state index in [0.29, 0.717) is 0 Å². The quantitative estimate of drug-likeness (QED) is 0.715. The number of rotatable bonds is 2. The maximum Gasteiger partial charge on any atom is 0.281 e. The summed E-state index contributed by atoms with van der Waals surface area (Å²) in [5, 5.41) is 0. The van der Waals surface area contributed by atoms with Gasteiger partial charge in [-0.05, 0) is 0 Å². The number of hydrogen-bond donors (Lipinski definition) is 1. The zero-order valence-electron chi connectivity index (χ0n) is 6.18. The molecule has 13 heavy (non-hydrogen) atoms. The maximum atomic E-state index is 12.7. The van der Waals surface area contributed by atoms with Crippen molar-refractivity contribution >= 4 is 6.29 Å². The predicted molar refractivity (Wildman–Crippen MR) is 37.4 cm³/mol. The standard InChI is InChI=1S/C7H4F3NO2/c8-4-5(7(9)10)11-1-3(2-12)6(4)13/h1-2,7H,(H,11,13). The number of alkyl halides is 2. The average Bonchev–Trinajstić information content (AvgIpc) is 2.09. The van der Waals surface area contributed by atoms with Crippen molar-refractivity contribution in [1.82, 2.24) is 4.98 Å². The first kappa shape index (κ1) is 9.50. The molecule has 1 aromatic rings. The molecule has 0 aliphatic carbocycles. The largest absolute Gasteiger partial charge is 0.357 e. The monoisotopic (exact) mass is 191 g/mol. The molecule has 3 nitrogen and oxygen atoms in total. The zero-order valence-corrected chi connectivity index (χ0v) is 6.18. The summed E-state index contributed by atoms with van der Waals surface area (Å²) in [5.74, 6) is -1.61. The zero-order chi connectivity index (χ0) is 10.0. The fourth-order valence-corrected chi connectivity index (χ4v) is 0.780. The molecule has 70 valence electrons. The number of H-pyrrole nitrogens is 1. The van der Waals surface area contributed by atoms with Crippen LogP contribution >= 0.6 is 0 Å². The van der Waals surface area contributed by atoms with Gasteiger partial charge in [0.25, 0.3) is 6.43 Å². The van der Waals surface area contributed by atoms with Crippen molar-refractivity contribution in [3.8, 4) is 0 Å². The van der Waals surface area contributed by atoms with Crippen LogP contribution in [-0.4, -0.2) is 11.3 Å². The first-order valence-electron chi connectivity index (χ1n) is 3.22. The van der Waals surface area contributed by atoms with Gasteiger partial charge in [0.2, 0.25) is 5.43 Å². The molecule has 1 N–H and O–H groups in total. The molecule has 1 rings (SSSR count). The minimum absolute atomic E-state index is 0.0944. The molecule has 1 heterocycles. The normalized spacial score (nSPS) is 10.5. The number of nitrogens with one attached hydrogen (secondary N) is 1. The minimum Gasteiger partial charge on any atom is -0.357 e. The second kappa shape index (κ2) is 3.42. The third-order valence-electron chi connectivity index (χ3n) is 1.43. The van der Waals surface area contributed by atoms with Crippen molar-refractivity contribution in [2.75, 3.05) is 0 Å². The molecule has 0 saturated carbocycles.